The summed E-state index contributed by atoms with van der Waals surface area (Å²) in [5.41, 5.74) is 11.9. The number of rotatable bonds is 3. The fraction of sp³-hybridized carbons (Fsp3) is 0.125. The molecule has 244 valence electrons. The second-order valence-corrected chi connectivity index (χ2v) is 15.3. The van der Waals surface area contributed by atoms with E-state index in [0.717, 1.165) is 25.7 Å². The number of para-hydroxylation sites is 1. The molecule has 2 nitrogen and oxygen atoms in total. The van der Waals surface area contributed by atoms with Gasteiger partial charge in [-0.25, -0.2) is 0 Å². The van der Waals surface area contributed by atoms with Crippen molar-refractivity contribution < 1.29 is 0 Å². The van der Waals surface area contributed by atoms with Gasteiger partial charge in [0.2, 0.25) is 0 Å². The lowest BCUT2D eigenvalue weighted by molar-refractivity contribution is 0.528. The molecule has 2 aliphatic carbocycles. The number of aromatic nitrogens is 1. The van der Waals surface area contributed by atoms with Crippen LogP contribution in [0.5, 0.6) is 0 Å². The van der Waals surface area contributed by atoms with Crippen LogP contribution in [0.2, 0.25) is 0 Å². The van der Waals surface area contributed by atoms with Gasteiger partial charge in [-0.15, -0.1) is 11.3 Å². The molecule has 2 aromatic heterocycles. The van der Waals surface area contributed by atoms with E-state index in [1.165, 1.54) is 103 Å². The number of hydrogen-bond acceptors (Lipinski definition) is 2. The third kappa shape index (κ3) is 4.28. The largest absolute Gasteiger partial charge is 0.361 e. The van der Waals surface area contributed by atoms with E-state index in [9.17, 15) is 0 Å². The Morgan fingerprint density at radius 1 is 0.647 bits per heavy atom. The molecule has 0 spiro atoms. The number of nitrogens with zero attached hydrogens (tertiary/aromatic N) is 1. The van der Waals surface area contributed by atoms with Gasteiger partial charge in [-0.2, -0.15) is 0 Å². The van der Waals surface area contributed by atoms with Gasteiger partial charge in [0.25, 0.3) is 0 Å². The maximum atomic E-state index is 4.23. The third-order valence-corrected chi connectivity index (χ3v) is 12.7. The fourth-order valence-electron chi connectivity index (χ4n) is 9.17. The van der Waals surface area contributed by atoms with Gasteiger partial charge >= 0.3 is 0 Å². The Hall–Kier alpha value is -5.64. The number of benzene rings is 6. The minimum atomic E-state index is -0.00527. The van der Waals surface area contributed by atoms with E-state index >= 15 is 0 Å². The summed E-state index contributed by atoms with van der Waals surface area (Å²) >= 11 is 1.95. The van der Waals surface area contributed by atoms with E-state index in [1.807, 2.05) is 11.3 Å². The molecule has 0 bridgehead atoms. The van der Waals surface area contributed by atoms with Crippen molar-refractivity contribution in [1.82, 2.24) is 9.88 Å². The molecule has 11 rings (SSSR count). The molecule has 0 fully saturated rings. The normalized spacial score (nSPS) is 17.7. The van der Waals surface area contributed by atoms with E-state index in [-0.39, 0.29) is 6.17 Å². The number of nitrogens with one attached hydrogen (secondary N) is 1. The first kappa shape index (κ1) is 29.1. The summed E-state index contributed by atoms with van der Waals surface area (Å²) in [5.74, 6) is 0. The van der Waals surface area contributed by atoms with E-state index in [4.69, 9.17) is 0 Å². The molecule has 3 heterocycles. The second-order valence-electron chi connectivity index (χ2n) is 14.3. The van der Waals surface area contributed by atoms with E-state index in [1.54, 1.807) is 0 Å². The van der Waals surface area contributed by atoms with Crippen LogP contribution in [0.3, 0.4) is 0 Å². The predicted molar refractivity (Wildman–Crippen MR) is 220 cm³/mol. The van der Waals surface area contributed by atoms with Crippen molar-refractivity contribution in [2.75, 3.05) is 0 Å². The molecular weight excluding hydrogens is 637 g/mol. The van der Waals surface area contributed by atoms with Gasteiger partial charge in [-0.05, 0) is 106 Å². The standard InChI is InChI=1S/C48H36N2S/c1-29-33-18-7-10-22-37(33)48(50-42-25-12-11-20-35(42)41-26-31-16-5-6-17-32(31)27-43(41)50)49-46(29)39-24-13-23-38-45-36-21-9-8-19-34(36)40(28-44(45)51-47(38)39)30-14-3-2-4-15-30/h3,5-9,11-21,23-28,48-49H,2,4,10,22H2,1H3. The van der Waals surface area contributed by atoms with Gasteiger partial charge in [-0.1, -0.05) is 115 Å². The summed E-state index contributed by atoms with van der Waals surface area (Å²) in [6.45, 7) is 2.32. The van der Waals surface area contributed by atoms with Crippen LogP contribution >= 0.6 is 11.3 Å². The highest BCUT2D eigenvalue weighted by Crippen LogP contribution is 2.48. The monoisotopic (exact) mass is 672 g/mol. The molecule has 51 heavy (non-hydrogen) atoms. The van der Waals surface area contributed by atoms with Crippen LogP contribution in [0.4, 0.5) is 0 Å². The molecule has 3 heteroatoms. The van der Waals surface area contributed by atoms with E-state index < -0.39 is 0 Å². The van der Waals surface area contributed by atoms with Crippen LogP contribution in [0, 0.1) is 0 Å². The topological polar surface area (TPSA) is 17.0 Å². The number of fused-ring (bicyclic) bond motifs is 9. The van der Waals surface area contributed by atoms with Crippen molar-refractivity contribution in [2.45, 2.75) is 38.8 Å². The molecular formula is C48H36N2S. The van der Waals surface area contributed by atoms with Crippen LogP contribution in [-0.2, 0) is 0 Å². The number of dihydropyridines is 1. The lowest BCUT2D eigenvalue weighted by atomic mass is 9.85. The second kappa shape index (κ2) is 11.2. The zero-order valence-corrected chi connectivity index (χ0v) is 29.4. The first-order chi connectivity index (χ1) is 25.2. The molecule has 0 saturated carbocycles. The number of hydrogen-bond donors (Lipinski definition) is 1. The Bertz CT molecular complexity index is 2960. The molecule has 1 atom stereocenters. The van der Waals surface area contributed by atoms with Gasteiger partial charge in [0.15, 0.2) is 0 Å². The molecule has 0 amide bonds. The zero-order chi connectivity index (χ0) is 33.6. The highest BCUT2D eigenvalue weighted by Gasteiger charge is 2.32. The van der Waals surface area contributed by atoms with Crippen LogP contribution in [0.25, 0.3) is 74.8 Å². The highest BCUT2D eigenvalue weighted by molar-refractivity contribution is 7.26. The highest BCUT2D eigenvalue weighted by atomic mass is 32.1. The minimum Gasteiger partial charge on any atom is -0.361 e. The van der Waals surface area contributed by atoms with Crippen LogP contribution in [0.1, 0.15) is 49.9 Å². The van der Waals surface area contributed by atoms with Crippen molar-refractivity contribution >= 4 is 86.1 Å². The predicted octanol–water partition coefficient (Wildman–Crippen LogP) is 13.4. The van der Waals surface area contributed by atoms with Gasteiger partial charge in [0, 0.05) is 42.2 Å². The summed E-state index contributed by atoms with van der Waals surface area (Å²) in [4.78, 5) is 0. The maximum absolute atomic E-state index is 4.23. The lowest BCUT2D eigenvalue weighted by Crippen LogP contribution is -2.32. The minimum absolute atomic E-state index is 0.00527. The third-order valence-electron chi connectivity index (χ3n) is 11.5. The molecule has 0 radical (unpaired) electrons. The smallest absolute Gasteiger partial charge is 0.127 e. The Balaban J connectivity index is 1.16. The zero-order valence-electron chi connectivity index (χ0n) is 28.5. The molecule has 1 aliphatic heterocycles. The summed E-state index contributed by atoms with van der Waals surface area (Å²) in [6.07, 6.45) is 16.1. The summed E-state index contributed by atoms with van der Waals surface area (Å²) < 4.78 is 5.29. The van der Waals surface area contributed by atoms with Crippen molar-refractivity contribution in [3.05, 3.63) is 167 Å². The SMILES string of the molecule is CC1=C(c2cccc3c2sc2cc(C4=CCCC=C4)c4ccccc4c23)NC(n2c3ccccc3c3cc4ccccc4cc32)C2=C1C=CCC2. The number of allylic oxidation sites excluding steroid dienone is 8. The maximum Gasteiger partial charge on any atom is 0.127 e. The fourth-order valence-corrected chi connectivity index (χ4v) is 10.5. The molecule has 8 aromatic rings. The van der Waals surface area contributed by atoms with Crippen LogP contribution < -0.4 is 5.32 Å². The van der Waals surface area contributed by atoms with Crippen LogP contribution in [-0.4, -0.2) is 4.57 Å². The van der Waals surface area contributed by atoms with Crippen molar-refractivity contribution in [3.8, 4) is 0 Å². The first-order valence-electron chi connectivity index (χ1n) is 18.3. The van der Waals surface area contributed by atoms with Crippen LogP contribution in [0.15, 0.2) is 156 Å². The summed E-state index contributed by atoms with van der Waals surface area (Å²) in [5, 5.41) is 14.8. The molecule has 1 N–H and O–H groups in total. The van der Waals surface area contributed by atoms with E-state index in [2.05, 4.69) is 156 Å². The molecule has 0 saturated heterocycles. The summed E-state index contributed by atoms with van der Waals surface area (Å²) in [7, 11) is 0. The Morgan fingerprint density at radius 3 is 2.27 bits per heavy atom. The average molecular weight is 673 g/mol. The van der Waals surface area contributed by atoms with Crippen molar-refractivity contribution in [3.63, 3.8) is 0 Å². The first-order valence-corrected chi connectivity index (χ1v) is 19.1. The molecule has 1 unspecified atom stereocenters. The van der Waals surface area contributed by atoms with Gasteiger partial charge in [-0.3, -0.25) is 0 Å². The van der Waals surface area contributed by atoms with Gasteiger partial charge in [0.1, 0.15) is 6.17 Å². The Kier molecular flexibility index (Phi) is 6.39. The van der Waals surface area contributed by atoms with Crippen molar-refractivity contribution in [1.29, 1.82) is 0 Å². The Labute approximate surface area is 301 Å². The van der Waals surface area contributed by atoms with E-state index in [0.29, 0.717) is 0 Å². The molecule has 6 aromatic carbocycles. The average Bonchev–Trinajstić information content (AvgIpc) is 3.73. The Morgan fingerprint density at radius 2 is 1.41 bits per heavy atom. The quantitative estimate of drug-likeness (QED) is 0.198. The summed E-state index contributed by atoms with van der Waals surface area (Å²) in [6, 6.07) is 40.9. The lowest BCUT2D eigenvalue weighted by Gasteiger charge is -2.36. The number of thiophene rings is 1. The molecule has 3 aliphatic rings. The van der Waals surface area contributed by atoms with Gasteiger partial charge in [0.05, 0.1) is 11.0 Å². The van der Waals surface area contributed by atoms with Gasteiger partial charge < -0.3 is 9.88 Å². The van der Waals surface area contributed by atoms with Crippen molar-refractivity contribution in [2.24, 2.45) is 0 Å².